The summed E-state index contributed by atoms with van der Waals surface area (Å²) in [5, 5.41) is 13.6. The summed E-state index contributed by atoms with van der Waals surface area (Å²) < 4.78 is 0. The van der Waals surface area contributed by atoms with Gasteiger partial charge in [0.05, 0.1) is 12.5 Å². The van der Waals surface area contributed by atoms with Gasteiger partial charge in [-0.3, -0.25) is 9.59 Å². The molecule has 0 saturated heterocycles. The maximum Gasteiger partial charge on any atom is 0.239 e. The van der Waals surface area contributed by atoms with Crippen LogP contribution in [0.3, 0.4) is 0 Å². The van der Waals surface area contributed by atoms with Crippen molar-refractivity contribution in [3.63, 3.8) is 0 Å². The van der Waals surface area contributed by atoms with Crippen molar-refractivity contribution in [2.24, 2.45) is 16.8 Å². The van der Waals surface area contributed by atoms with E-state index >= 15 is 0 Å². The number of amides is 2. The van der Waals surface area contributed by atoms with Crippen molar-refractivity contribution in [3.05, 3.63) is 0 Å². The summed E-state index contributed by atoms with van der Waals surface area (Å²) in [5.74, 6) is -1.52. The van der Waals surface area contributed by atoms with E-state index < -0.39 is 5.92 Å². The zero-order chi connectivity index (χ0) is 12.7. The maximum atomic E-state index is 11.8. The lowest BCUT2D eigenvalue weighted by atomic mass is 10.1. The van der Waals surface area contributed by atoms with Crippen molar-refractivity contribution in [3.8, 4) is 0 Å². The largest absolute Gasteiger partial charge is 0.409 e. The van der Waals surface area contributed by atoms with Gasteiger partial charge in [-0.25, -0.2) is 0 Å². The highest BCUT2D eigenvalue weighted by Crippen LogP contribution is 2.02. The number of amidine groups is 1. The molecule has 0 rings (SSSR count). The fourth-order valence-corrected chi connectivity index (χ4v) is 1.08. The van der Waals surface area contributed by atoms with Crippen LogP contribution >= 0.6 is 0 Å². The van der Waals surface area contributed by atoms with Crippen LogP contribution in [0.1, 0.15) is 13.8 Å². The van der Waals surface area contributed by atoms with Gasteiger partial charge in [0.1, 0.15) is 0 Å². The summed E-state index contributed by atoms with van der Waals surface area (Å²) in [7, 11) is 1.49. The lowest BCUT2D eigenvalue weighted by Crippen LogP contribution is -2.44. The second kappa shape index (κ2) is 6.65. The first-order valence-corrected chi connectivity index (χ1v) is 4.94. The summed E-state index contributed by atoms with van der Waals surface area (Å²) in [4.78, 5) is 24.3. The first kappa shape index (κ1) is 14.2. The Kier molecular flexibility index (Phi) is 5.91. The van der Waals surface area contributed by atoms with E-state index in [-0.39, 0.29) is 24.2 Å². The van der Waals surface area contributed by atoms with E-state index in [0.717, 1.165) is 0 Å². The number of carbonyl (C=O) groups excluding carboxylic acids is 2. The van der Waals surface area contributed by atoms with Gasteiger partial charge in [-0.15, -0.1) is 0 Å². The third-order valence-corrected chi connectivity index (χ3v) is 2.24. The Hall–Kier alpha value is -1.79. The molecular formula is C9H18N4O3. The SMILES string of the molecule is CCN(CC(=O)NC)C(=O)C(C)C(N)=NO. The number of hydrogen-bond donors (Lipinski definition) is 3. The van der Waals surface area contributed by atoms with Crippen molar-refractivity contribution in [2.75, 3.05) is 20.1 Å². The van der Waals surface area contributed by atoms with Gasteiger partial charge < -0.3 is 21.2 Å². The predicted molar refractivity (Wildman–Crippen MR) is 58.9 cm³/mol. The molecule has 0 aromatic carbocycles. The minimum absolute atomic E-state index is 0.0329. The van der Waals surface area contributed by atoms with Crippen LogP contribution in [0.2, 0.25) is 0 Å². The third kappa shape index (κ3) is 3.76. The zero-order valence-electron chi connectivity index (χ0n) is 9.73. The van der Waals surface area contributed by atoms with E-state index in [2.05, 4.69) is 10.5 Å². The normalized spacial score (nSPS) is 13.1. The Bertz CT molecular complexity index is 290. The smallest absolute Gasteiger partial charge is 0.239 e. The highest BCUT2D eigenvalue weighted by atomic mass is 16.4. The van der Waals surface area contributed by atoms with Gasteiger partial charge in [-0.2, -0.15) is 0 Å². The molecule has 7 heteroatoms. The van der Waals surface area contributed by atoms with Crippen LogP contribution < -0.4 is 11.1 Å². The Morgan fingerprint density at radius 1 is 1.56 bits per heavy atom. The second-order valence-corrected chi connectivity index (χ2v) is 3.27. The van der Waals surface area contributed by atoms with Crippen LogP contribution in [0.4, 0.5) is 0 Å². The zero-order valence-corrected chi connectivity index (χ0v) is 9.73. The topological polar surface area (TPSA) is 108 Å². The van der Waals surface area contributed by atoms with Gasteiger partial charge in [0, 0.05) is 13.6 Å². The molecule has 0 aliphatic rings. The molecule has 2 amide bonds. The molecule has 0 fully saturated rings. The van der Waals surface area contributed by atoms with Gasteiger partial charge in [-0.1, -0.05) is 5.16 Å². The number of nitrogens with two attached hydrogens (primary N) is 1. The van der Waals surface area contributed by atoms with Crippen LogP contribution in [0.15, 0.2) is 5.16 Å². The average molecular weight is 230 g/mol. The Morgan fingerprint density at radius 3 is 2.50 bits per heavy atom. The summed E-state index contributed by atoms with van der Waals surface area (Å²) in [6, 6.07) is 0. The Morgan fingerprint density at radius 2 is 2.12 bits per heavy atom. The molecule has 92 valence electrons. The number of likely N-dealkylation sites (N-methyl/N-ethyl adjacent to an activating group) is 2. The van der Waals surface area contributed by atoms with Crippen LogP contribution in [-0.2, 0) is 9.59 Å². The molecule has 0 radical (unpaired) electrons. The lowest BCUT2D eigenvalue weighted by Gasteiger charge is -2.22. The predicted octanol–water partition coefficient (Wildman–Crippen LogP) is -1.04. The van der Waals surface area contributed by atoms with E-state index in [1.165, 1.54) is 18.9 Å². The molecular weight excluding hydrogens is 212 g/mol. The molecule has 1 unspecified atom stereocenters. The first-order valence-electron chi connectivity index (χ1n) is 4.94. The Balaban J connectivity index is 4.59. The van der Waals surface area contributed by atoms with Crippen molar-refractivity contribution >= 4 is 17.6 Å². The highest BCUT2D eigenvalue weighted by molar-refractivity contribution is 6.02. The monoisotopic (exact) mass is 230 g/mol. The van der Waals surface area contributed by atoms with E-state index in [9.17, 15) is 9.59 Å². The van der Waals surface area contributed by atoms with Crippen molar-refractivity contribution in [2.45, 2.75) is 13.8 Å². The minimum atomic E-state index is -0.741. The molecule has 0 aliphatic heterocycles. The number of hydrogen-bond acceptors (Lipinski definition) is 4. The molecule has 1 atom stereocenters. The quantitative estimate of drug-likeness (QED) is 0.243. The molecule has 7 nitrogen and oxygen atoms in total. The molecule has 16 heavy (non-hydrogen) atoms. The number of carbonyl (C=O) groups is 2. The number of nitrogens with zero attached hydrogens (tertiary/aromatic N) is 2. The lowest BCUT2D eigenvalue weighted by molar-refractivity contribution is -0.137. The molecule has 0 bridgehead atoms. The average Bonchev–Trinajstić information content (AvgIpc) is 2.32. The molecule has 0 heterocycles. The minimum Gasteiger partial charge on any atom is -0.409 e. The standard InChI is InChI=1S/C9H18N4O3/c1-4-13(5-7(14)11-3)9(15)6(2)8(10)12-16/h6,16H,4-5H2,1-3H3,(H2,10,12)(H,11,14). The van der Waals surface area contributed by atoms with Crippen LogP contribution in [0, 0.1) is 5.92 Å². The van der Waals surface area contributed by atoms with Crippen molar-refractivity contribution < 1.29 is 14.8 Å². The molecule has 0 aliphatic carbocycles. The van der Waals surface area contributed by atoms with Crippen molar-refractivity contribution in [1.82, 2.24) is 10.2 Å². The summed E-state index contributed by atoms with van der Waals surface area (Å²) in [6.07, 6.45) is 0. The number of oxime groups is 1. The molecule has 0 aromatic heterocycles. The van der Waals surface area contributed by atoms with E-state index in [0.29, 0.717) is 6.54 Å². The van der Waals surface area contributed by atoms with Gasteiger partial charge in [0.2, 0.25) is 11.8 Å². The summed E-state index contributed by atoms with van der Waals surface area (Å²) in [5.41, 5.74) is 5.33. The maximum absolute atomic E-state index is 11.8. The van der Waals surface area contributed by atoms with Crippen LogP contribution in [-0.4, -0.2) is 47.9 Å². The van der Waals surface area contributed by atoms with Crippen LogP contribution in [0.25, 0.3) is 0 Å². The first-order chi connectivity index (χ1) is 7.47. The fraction of sp³-hybridized carbons (Fsp3) is 0.667. The van der Waals surface area contributed by atoms with Gasteiger partial charge >= 0.3 is 0 Å². The van der Waals surface area contributed by atoms with Gasteiger partial charge in [0.15, 0.2) is 5.84 Å². The third-order valence-electron chi connectivity index (χ3n) is 2.24. The van der Waals surface area contributed by atoms with E-state index in [1.807, 2.05) is 0 Å². The highest BCUT2D eigenvalue weighted by Gasteiger charge is 2.24. The second-order valence-electron chi connectivity index (χ2n) is 3.27. The summed E-state index contributed by atoms with van der Waals surface area (Å²) in [6.45, 7) is 3.62. The molecule has 0 spiro atoms. The molecule has 0 saturated carbocycles. The number of rotatable bonds is 5. The van der Waals surface area contributed by atoms with Crippen LogP contribution in [0.5, 0.6) is 0 Å². The van der Waals surface area contributed by atoms with Gasteiger partial charge in [-0.05, 0) is 13.8 Å². The van der Waals surface area contributed by atoms with Crippen molar-refractivity contribution in [1.29, 1.82) is 0 Å². The Labute approximate surface area is 94.3 Å². The molecule has 4 N–H and O–H groups in total. The van der Waals surface area contributed by atoms with E-state index in [1.54, 1.807) is 6.92 Å². The van der Waals surface area contributed by atoms with Gasteiger partial charge in [0.25, 0.3) is 0 Å². The number of nitrogens with one attached hydrogen (secondary N) is 1. The van der Waals surface area contributed by atoms with E-state index in [4.69, 9.17) is 10.9 Å². The fourth-order valence-electron chi connectivity index (χ4n) is 1.08. The summed E-state index contributed by atoms with van der Waals surface area (Å²) >= 11 is 0. The molecule has 0 aromatic rings.